The number of fused-ring (bicyclic) bond motifs is 1. The topological polar surface area (TPSA) is 83.2 Å². The maximum Gasteiger partial charge on any atom is 0.254 e. The first kappa shape index (κ1) is 19.8. The van der Waals surface area contributed by atoms with E-state index in [1.165, 1.54) is 0 Å². The molecular weight excluding hydrogens is 360 g/mol. The quantitative estimate of drug-likeness (QED) is 0.821. The average Bonchev–Trinajstić information content (AvgIpc) is 2.71. The van der Waals surface area contributed by atoms with Crippen LogP contribution in [-0.4, -0.2) is 51.3 Å². The van der Waals surface area contributed by atoms with Crippen molar-refractivity contribution in [1.29, 1.82) is 0 Å². The molecule has 1 amide bonds. The van der Waals surface area contributed by atoms with Gasteiger partial charge in [-0.25, -0.2) is 0 Å². The third kappa shape index (κ3) is 4.31. The third-order valence-electron chi connectivity index (χ3n) is 4.53. The van der Waals surface area contributed by atoms with Gasteiger partial charge in [-0.3, -0.25) is 4.79 Å². The molecule has 2 aromatic rings. The lowest BCUT2D eigenvalue weighted by molar-refractivity contribution is 0.0720. The van der Waals surface area contributed by atoms with Crippen molar-refractivity contribution in [2.75, 3.05) is 40.5 Å². The number of nitrogens with two attached hydrogens (primary N) is 1. The zero-order valence-electron chi connectivity index (χ0n) is 16.3. The number of hydrogen-bond acceptors (Lipinski definition) is 6. The average molecular weight is 386 g/mol. The van der Waals surface area contributed by atoms with Gasteiger partial charge in [-0.15, -0.1) is 0 Å². The molecule has 7 nitrogen and oxygen atoms in total. The Morgan fingerprint density at radius 3 is 2.71 bits per heavy atom. The number of methoxy groups -OCH3 is 2. The second kappa shape index (κ2) is 9.32. The molecule has 7 heteroatoms. The van der Waals surface area contributed by atoms with E-state index in [1.54, 1.807) is 32.4 Å². The summed E-state index contributed by atoms with van der Waals surface area (Å²) in [6.07, 6.45) is 0.734. The molecule has 1 aliphatic rings. The van der Waals surface area contributed by atoms with E-state index in [0.29, 0.717) is 61.4 Å². The van der Waals surface area contributed by atoms with Crippen molar-refractivity contribution in [2.45, 2.75) is 13.0 Å². The molecule has 0 spiro atoms. The van der Waals surface area contributed by atoms with Gasteiger partial charge in [0.25, 0.3) is 5.91 Å². The highest BCUT2D eigenvalue weighted by molar-refractivity contribution is 5.95. The highest BCUT2D eigenvalue weighted by Gasteiger charge is 2.22. The van der Waals surface area contributed by atoms with E-state index < -0.39 is 0 Å². The predicted octanol–water partition coefficient (Wildman–Crippen LogP) is 2.47. The number of amides is 1. The smallest absolute Gasteiger partial charge is 0.254 e. The molecule has 28 heavy (non-hydrogen) atoms. The Bertz CT molecular complexity index is 824. The molecule has 2 aromatic carbocycles. The first-order valence-electron chi connectivity index (χ1n) is 9.26. The Hall–Kier alpha value is -2.93. The minimum Gasteiger partial charge on any atom is -0.493 e. The van der Waals surface area contributed by atoms with Crippen molar-refractivity contribution in [3.8, 4) is 23.0 Å². The first-order chi connectivity index (χ1) is 13.7. The number of hydrogen-bond donors (Lipinski definition) is 1. The van der Waals surface area contributed by atoms with Crippen LogP contribution in [0, 0.1) is 0 Å². The van der Waals surface area contributed by atoms with Gasteiger partial charge in [-0.05, 0) is 30.7 Å². The summed E-state index contributed by atoms with van der Waals surface area (Å²) in [6, 6.07) is 10.9. The fraction of sp³-hybridized carbons (Fsp3) is 0.381. The summed E-state index contributed by atoms with van der Waals surface area (Å²) in [7, 11) is 3.16. The number of para-hydroxylation sites is 1. The molecule has 2 N–H and O–H groups in total. The number of rotatable bonds is 6. The van der Waals surface area contributed by atoms with Crippen LogP contribution in [0.2, 0.25) is 0 Å². The Labute approximate surface area is 164 Å². The fourth-order valence-corrected chi connectivity index (χ4v) is 3.17. The summed E-state index contributed by atoms with van der Waals surface area (Å²) < 4.78 is 22.2. The molecule has 0 aromatic heterocycles. The van der Waals surface area contributed by atoms with Gasteiger partial charge in [0.1, 0.15) is 6.61 Å². The van der Waals surface area contributed by atoms with E-state index in [2.05, 4.69) is 0 Å². The summed E-state index contributed by atoms with van der Waals surface area (Å²) in [5.41, 5.74) is 6.95. The van der Waals surface area contributed by atoms with Crippen molar-refractivity contribution in [1.82, 2.24) is 4.90 Å². The minimum atomic E-state index is -0.0701. The van der Waals surface area contributed by atoms with Crippen molar-refractivity contribution < 1.29 is 23.7 Å². The van der Waals surface area contributed by atoms with Gasteiger partial charge < -0.3 is 29.6 Å². The second-order valence-corrected chi connectivity index (χ2v) is 6.38. The lowest BCUT2D eigenvalue weighted by Gasteiger charge is -2.27. The van der Waals surface area contributed by atoms with Gasteiger partial charge in [0, 0.05) is 30.8 Å². The van der Waals surface area contributed by atoms with E-state index in [9.17, 15) is 4.79 Å². The van der Waals surface area contributed by atoms with Gasteiger partial charge in [-0.1, -0.05) is 12.1 Å². The van der Waals surface area contributed by atoms with Crippen molar-refractivity contribution in [3.05, 3.63) is 47.5 Å². The molecule has 0 aliphatic carbocycles. The van der Waals surface area contributed by atoms with Crippen molar-refractivity contribution in [3.63, 3.8) is 0 Å². The van der Waals surface area contributed by atoms with Crippen LogP contribution < -0.4 is 24.7 Å². The molecule has 1 aliphatic heterocycles. The highest BCUT2D eigenvalue weighted by atomic mass is 16.5. The zero-order valence-corrected chi connectivity index (χ0v) is 16.3. The summed E-state index contributed by atoms with van der Waals surface area (Å²) in [6.45, 7) is 2.35. The summed E-state index contributed by atoms with van der Waals surface area (Å²) >= 11 is 0. The Morgan fingerprint density at radius 1 is 1.14 bits per heavy atom. The molecule has 0 atom stereocenters. The summed E-state index contributed by atoms with van der Waals surface area (Å²) in [4.78, 5) is 15.0. The number of carbonyl (C=O) groups excluding carboxylic acids is 1. The number of carbonyl (C=O) groups is 1. The molecule has 0 bridgehead atoms. The number of nitrogens with zero attached hydrogens (tertiary/aromatic N) is 1. The standard InChI is InChI=1S/C21H26N2O5/c1-25-18-6-3-5-16-14-23(10-4-11-28-20(16)18)21(24)15-7-8-17(27-12-9-22)19(13-15)26-2/h3,5-8,13H,4,9-12,14,22H2,1-2H3. The normalized spacial score (nSPS) is 13.6. The van der Waals surface area contributed by atoms with Crippen LogP contribution in [0.5, 0.6) is 23.0 Å². The highest BCUT2D eigenvalue weighted by Crippen LogP contribution is 2.34. The lowest BCUT2D eigenvalue weighted by Crippen LogP contribution is -2.33. The molecule has 150 valence electrons. The molecule has 0 saturated carbocycles. The second-order valence-electron chi connectivity index (χ2n) is 6.38. The molecular formula is C21H26N2O5. The molecule has 0 saturated heterocycles. The van der Waals surface area contributed by atoms with E-state index in [1.807, 2.05) is 23.1 Å². The van der Waals surface area contributed by atoms with E-state index >= 15 is 0 Å². The number of ether oxygens (including phenoxy) is 4. The van der Waals surface area contributed by atoms with Gasteiger partial charge >= 0.3 is 0 Å². The summed E-state index contributed by atoms with van der Waals surface area (Å²) in [5, 5.41) is 0. The Morgan fingerprint density at radius 2 is 1.96 bits per heavy atom. The van der Waals surface area contributed by atoms with Crippen molar-refractivity contribution >= 4 is 5.91 Å². The Kier molecular flexibility index (Phi) is 6.60. The lowest BCUT2D eigenvalue weighted by atomic mass is 10.1. The molecule has 3 rings (SSSR count). The molecule has 0 radical (unpaired) electrons. The SMILES string of the molecule is COc1cc(C(=O)N2CCCOc3c(cccc3OC)C2)ccc1OCCN. The van der Waals surface area contributed by atoms with Crippen LogP contribution >= 0.6 is 0 Å². The fourth-order valence-electron chi connectivity index (χ4n) is 3.17. The van der Waals surface area contributed by atoms with Crippen molar-refractivity contribution in [2.24, 2.45) is 5.73 Å². The van der Waals surface area contributed by atoms with Crippen LogP contribution in [0.1, 0.15) is 22.3 Å². The van der Waals surface area contributed by atoms with Gasteiger partial charge in [0.15, 0.2) is 23.0 Å². The van der Waals surface area contributed by atoms with E-state index in [4.69, 9.17) is 24.7 Å². The molecule has 0 unspecified atom stereocenters. The Balaban J connectivity index is 1.85. The maximum atomic E-state index is 13.2. The molecule has 0 fully saturated rings. The maximum absolute atomic E-state index is 13.2. The largest absolute Gasteiger partial charge is 0.493 e. The van der Waals surface area contributed by atoms with Crippen LogP contribution in [-0.2, 0) is 6.54 Å². The minimum absolute atomic E-state index is 0.0701. The first-order valence-corrected chi connectivity index (χ1v) is 9.26. The van der Waals surface area contributed by atoms with E-state index in [0.717, 1.165) is 12.0 Å². The van der Waals surface area contributed by atoms with Crippen LogP contribution in [0.15, 0.2) is 36.4 Å². The van der Waals surface area contributed by atoms with Gasteiger partial charge in [-0.2, -0.15) is 0 Å². The zero-order chi connectivity index (χ0) is 19.9. The van der Waals surface area contributed by atoms with Gasteiger partial charge in [0.2, 0.25) is 0 Å². The molecule has 1 heterocycles. The van der Waals surface area contributed by atoms with Crippen LogP contribution in [0.3, 0.4) is 0 Å². The van der Waals surface area contributed by atoms with Gasteiger partial charge in [0.05, 0.1) is 20.8 Å². The van der Waals surface area contributed by atoms with Crippen LogP contribution in [0.4, 0.5) is 0 Å². The number of benzene rings is 2. The monoisotopic (exact) mass is 386 g/mol. The van der Waals surface area contributed by atoms with E-state index in [-0.39, 0.29) is 5.91 Å². The third-order valence-corrected chi connectivity index (χ3v) is 4.53. The predicted molar refractivity (Wildman–Crippen MR) is 105 cm³/mol. The summed E-state index contributed by atoms with van der Waals surface area (Å²) in [5.74, 6) is 2.39. The van der Waals surface area contributed by atoms with Crippen LogP contribution in [0.25, 0.3) is 0 Å².